The van der Waals surface area contributed by atoms with E-state index >= 15 is 0 Å². The minimum absolute atomic E-state index is 0.102. The van der Waals surface area contributed by atoms with Crippen molar-refractivity contribution < 1.29 is 10.0 Å². The summed E-state index contributed by atoms with van der Waals surface area (Å²) in [4.78, 5) is 12.9. The zero-order chi connectivity index (χ0) is 18.8. The molecular formula is C22H29NO2. The fourth-order valence-electron chi connectivity index (χ4n) is 2.83. The van der Waals surface area contributed by atoms with Crippen LogP contribution in [0.2, 0.25) is 0 Å². The van der Waals surface area contributed by atoms with E-state index < -0.39 is 0 Å². The second-order valence-corrected chi connectivity index (χ2v) is 8.66. The average Bonchev–Trinajstić information content (AvgIpc) is 2.47. The molecular weight excluding hydrogens is 310 g/mol. The molecule has 0 amide bonds. The Labute approximate surface area is 151 Å². The first-order valence-electron chi connectivity index (χ1n) is 8.69. The van der Waals surface area contributed by atoms with Gasteiger partial charge in [0.15, 0.2) is 5.78 Å². The van der Waals surface area contributed by atoms with Crippen LogP contribution in [0.15, 0.2) is 65.4 Å². The molecule has 0 heterocycles. The normalized spacial score (nSPS) is 15.6. The summed E-state index contributed by atoms with van der Waals surface area (Å²) in [6, 6.07) is 9.79. The Morgan fingerprint density at radius 2 is 1.40 bits per heavy atom. The van der Waals surface area contributed by atoms with E-state index in [1.165, 1.54) is 5.06 Å². The topological polar surface area (TPSA) is 40.5 Å². The highest BCUT2D eigenvalue weighted by Gasteiger charge is 2.34. The third-order valence-electron chi connectivity index (χ3n) is 4.21. The molecule has 1 aliphatic carbocycles. The van der Waals surface area contributed by atoms with Crippen molar-refractivity contribution in [2.24, 2.45) is 10.8 Å². The van der Waals surface area contributed by atoms with Gasteiger partial charge in [0.25, 0.3) is 0 Å². The molecule has 0 unspecified atom stereocenters. The van der Waals surface area contributed by atoms with Crippen LogP contribution in [0.3, 0.4) is 0 Å². The first kappa shape index (κ1) is 19.2. The summed E-state index contributed by atoms with van der Waals surface area (Å²) in [5.74, 6) is 0.102. The summed E-state index contributed by atoms with van der Waals surface area (Å²) in [5, 5.41) is 11.5. The van der Waals surface area contributed by atoms with Gasteiger partial charge in [0.2, 0.25) is 0 Å². The van der Waals surface area contributed by atoms with E-state index in [-0.39, 0.29) is 16.6 Å². The van der Waals surface area contributed by atoms with Gasteiger partial charge in [-0.1, -0.05) is 71.9 Å². The van der Waals surface area contributed by atoms with Gasteiger partial charge >= 0.3 is 0 Å². The van der Waals surface area contributed by atoms with Crippen molar-refractivity contribution in [2.45, 2.75) is 48.1 Å². The summed E-state index contributed by atoms with van der Waals surface area (Å²) >= 11 is 0. The molecule has 0 saturated heterocycles. The molecule has 134 valence electrons. The fraction of sp³-hybridized carbons (Fsp3) is 0.409. The number of hydroxylamine groups is 2. The third-order valence-corrected chi connectivity index (χ3v) is 4.21. The predicted octanol–water partition coefficient (Wildman–Crippen LogP) is 5.29. The lowest BCUT2D eigenvalue weighted by atomic mass is 9.72. The quantitative estimate of drug-likeness (QED) is 0.761. The van der Waals surface area contributed by atoms with E-state index in [2.05, 4.69) is 0 Å². The molecule has 1 aromatic carbocycles. The first-order valence-corrected chi connectivity index (χ1v) is 8.69. The standard InChI is InChI=1S/C22H29NO2/c1-21(2,3)18-12-17(13-19(20(18)24)22(4,5)6)15-23(25)14-16-10-8-7-9-11-16/h7-13,15,25H,14H2,1-6H3. The molecule has 0 aliphatic heterocycles. The van der Waals surface area contributed by atoms with Crippen LogP contribution < -0.4 is 0 Å². The second kappa shape index (κ2) is 7.01. The number of Topliss-reactive ketones (excluding diaryl/α,β-unsaturated/α-hetero) is 1. The number of carbonyl (C=O) groups is 1. The lowest BCUT2D eigenvalue weighted by Crippen LogP contribution is -2.28. The van der Waals surface area contributed by atoms with Gasteiger partial charge in [-0.2, -0.15) is 0 Å². The molecule has 1 aromatic rings. The molecule has 3 heteroatoms. The van der Waals surface area contributed by atoms with Crippen molar-refractivity contribution in [3.05, 3.63) is 71.0 Å². The summed E-state index contributed by atoms with van der Waals surface area (Å²) in [7, 11) is 0. The molecule has 2 rings (SSSR count). The highest BCUT2D eigenvalue weighted by Crippen LogP contribution is 2.38. The summed E-state index contributed by atoms with van der Waals surface area (Å²) in [6.07, 6.45) is 5.48. The minimum Gasteiger partial charge on any atom is -0.289 e. The number of ketones is 1. The Morgan fingerprint density at radius 3 is 1.84 bits per heavy atom. The monoisotopic (exact) mass is 339 g/mol. The number of allylic oxidation sites excluding steroid dienone is 5. The van der Waals surface area contributed by atoms with Crippen LogP contribution in [0.5, 0.6) is 0 Å². The maximum Gasteiger partial charge on any atom is 0.186 e. The van der Waals surface area contributed by atoms with Crippen molar-refractivity contribution in [3.8, 4) is 0 Å². The van der Waals surface area contributed by atoms with Crippen molar-refractivity contribution in [2.75, 3.05) is 0 Å². The van der Waals surface area contributed by atoms with E-state index in [1.807, 2.05) is 84.0 Å². The van der Waals surface area contributed by atoms with Gasteiger partial charge in [-0.05, 0) is 34.1 Å². The van der Waals surface area contributed by atoms with E-state index in [1.54, 1.807) is 6.20 Å². The van der Waals surface area contributed by atoms with Gasteiger partial charge in [-0.15, -0.1) is 0 Å². The fourth-order valence-corrected chi connectivity index (χ4v) is 2.83. The van der Waals surface area contributed by atoms with Crippen LogP contribution in [0.4, 0.5) is 0 Å². The predicted molar refractivity (Wildman–Crippen MR) is 102 cm³/mol. The Morgan fingerprint density at radius 1 is 0.920 bits per heavy atom. The van der Waals surface area contributed by atoms with E-state index in [4.69, 9.17) is 0 Å². The molecule has 25 heavy (non-hydrogen) atoms. The Hall–Kier alpha value is -2.13. The smallest absolute Gasteiger partial charge is 0.186 e. The molecule has 0 aromatic heterocycles. The van der Waals surface area contributed by atoms with E-state index in [0.717, 1.165) is 22.3 Å². The summed E-state index contributed by atoms with van der Waals surface area (Å²) in [6.45, 7) is 12.7. The second-order valence-electron chi connectivity index (χ2n) is 8.66. The molecule has 1 aliphatic rings. The van der Waals surface area contributed by atoms with Crippen LogP contribution in [-0.4, -0.2) is 16.1 Å². The minimum atomic E-state index is -0.249. The average molecular weight is 339 g/mol. The number of rotatable bonds is 3. The molecule has 0 saturated carbocycles. The van der Waals surface area contributed by atoms with Crippen molar-refractivity contribution in [1.29, 1.82) is 0 Å². The zero-order valence-electron chi connectivity index (χ0n) is 16.1. The van der Waals surface area contributed by atoms with E-state index in [0.29, 0.717) is 6.54 Å². The SMILES string of the molecule is CC(C)(C)C1=CC(=CN(O)Cc2ccccc2)C=C(C(C)(C)C)C1=O. The Balaban J connectivity index is 2.37. The van der Waals surface area contributed by atoms with E-state index in [9.17, 15) is 10.0 Å². The van der Waals surface area contributed by atoms with Gasteiger partial charge < -0.3 is 0 Å². The van der Waals surface area contributed by atoms with Crippen LogP contribution >= 0.6 is 0 Å². The third kappa shape index (κ3) is 4.93. The van der Waals surface area contributed by atoms with Gasteiger partial charge in [0, 0.05) is 17.3 Å². The highest BCUT2D eigenvalue weighted by atomic mass is 16.5. The Bertz CT molecular complexity index is 690. The zero-order valence-corrected chi connectivity index (χ0v) is 16.1. The van der Waals surface area contributed by atoms with Crippen molar-refractivity contribution >= 4 is 5.78 Å². The lowest BCUT2D eigenvalue weighted by molar-refractivity contribution is -0.114. The molecule has 3 nitrogen and oxygen atoms in total. The molecule has 0 radical (unpaired) electrons. The number of nitrogens with zero attached hydrogens (tertiary/aromatic N) is 1. The lowest BCUT2D eigenvalue weighted by Gasteiger charge is -2.31. The number of benzene rings is 1. The molecule has 0 fully saturated rings. The summed E-state index contributed by atoms with van der Waals surface area (Å²) < 4.78 is 0. The molecule has 0 bridgehead atoms. The highest BCUT2D eigenvalue weighted by molar-refractivity contribution is 6.11. The van der Waals surface area contributed by atoms with Crippen LogP contribution in [-0.2, 0) is 11.3 Å². The first-order chi connectivity index (χ1) is 11.5. The van der Waals surface area contributed by atoms with Crippen molar-refractivity contribution in [1.82, 2.24) is 5.06 Å². The largest absolute Gasteiger partial charge is 0.289 e. The molecule has 0 spiro atoms. The van der Waals surface area contributed by atoms with Crippen LogP contribution in [0.1, 0.15) is 47.1 Å². The van der Waals surface area contributed by atoms with Gasteiger partial charge in [0.05, 0.1) is 6.54 Å². The molecule has 0 atom stereocenters. The van der Waals surface area contributed by atoms with Crippen molar-refractivity contribution in [3.63, 3.8) is 0 Å². The number of hydrogen-bond donors (Lipinski definition) is 1. The maximum absolute atomic E-state index is 12.9. The summed E-state index contributed by atoms with van der Waals surface area (Å²) in [5.41, 5.74) is 2.92. The maximum atomic E-state index is 12.9. The Kier molecular flexibility index (Phi) is 5.38. The van der Waals surface area contributed by atoms with Gasteiger partial charge in [-0.3, -0.25) is 15.1 Å². The molecule has 1 N–H and O–H groups in total. The number of carbonyl (C=O) groups excluding carboxylic acids is 1. The number of hydrogen-bond acceptors (Lipinski definition) is 3. The van der Waals surface area contributed by atoms with Gasteiger partial charge in [-0.25, -0.2) is 0 Å². The van der Waals surface area contributed by atoms with Crippen LogP contribution in [0.25, 0.3) is 0 Å². The van der Waals surface area contributed by atoms with Crippen LogP contribution in [0, 0.1) is 10.8 Å². The van der Waals surface area contributed by atoms with Gasteiger partial charge in [0.1, 0.15) is 0 Å².